The number of allylic oxidation sites excluding steroid dienone is 1. The fraction of sp³-hybridized carbons (Fsp3) is 0.125. The number of rotatable bonds is 5. The van der Waals surface area contributed by atoms with E-state index in [9.17, 15) is 4.79 Å². The summed E-state index contributed by atoms with van der Waals surface area (Å²) in [6, 6.07) is 27.7. The maximum Gasteiger partial charge on any atom is 0.167 e. The molecule has 1 saturated carbocycles. The third kappa shape index (κ3) is 2.93. The molecule has 0 bridgehead atoms. The van der Waals surface area contributed by atoms with Crippen LogP contribution in [-0.2, 0) is 0 Å². The second kappa shape index (κ2) is 6.89. The third-order valence-corrected chi connectivity index (χ3v) is 5.45. The SMILES string of the molecule is O=C(c1ccccc1)C1C(C=Cn2nnc3ccccc32)C1c1ccccc1. The van der Waals surface area contributed by atoms with Gasteiger partial charge in [-0.15, -0.1) is 5.10 Å². The molecule has 3 aromatic carbocycles. The van der Waals surface area contributed by atoms with E-state index < -0.39 is 0 Å². The molecule has 0 amide bonds. The molecule has 4 heteroatoms. The standard InChI is InChI=1S/C24H19N3O/c28-24(18-11-5-2-6-12-18)23-19(22(23)17-9-3-1-4-10-17)15-16-27-21-14-8-7-13-20(21)25-26-27/h1-16,19,22-23H. The topological polar surface area (TPSA) is 47.8 Å². The van der Waals surface area contributed by atoms with E-state index in [0.717, 1.165) is 16.6 Å². The van der Waals surface area contributed by atoms with E-state index in [1.165, 1.54) is 5.56 Å². The number of fused-ring (bicyclic) bond motifs is 1. The highest BCUT2D eigenvalue weighted by Gasteiger charge is 2.53. The predicted octanol–water partition coefficient (Wildman–Crippen LogP) is 4.81. The van der Waals surface area contributed by atoms with Crippen LogP contribution < -0.4 is 0 Å². The van der Waals surface area contributed by atoms with E-state index in [1.807, 2.05) is 79.0 Å². The lowest BCUT2D eigenvalue weighted by atomic mass is 10.0. The molecule has 1 aliphatic carbocycles. The Morgan fingerprint density at radius 3 is 2.32 bits per heavy atom. The number of Topliss-reactive ketones (excluding diaryl/α,β-unsaturated/α-hetero) is 1. The molecule has 0 aliphatic heterocycles. The van der Waals surface area contributed by atoms with Gasteiger partial charge in [-0.3, -0.25) is 4.79 Å². The fourth-order valence-corrected chi connectivity index (χ4v) is 3.99. The molecular formula is C24H19N3O. The minimum Gasteiger partial charge on any atom is -0.294 e. The zero-order valence-corrected chi connectivity index (χ0v) is 15.2. The first-order chi connectivity index (χ1) is 13.8. The van der Waals surface area contributed by atoms with Gasteiger partial charge in [-0.2, -0.15) is 0 Å². The summed E-state index contributed by atoms with van der Waals surface area (Å²) in [6.07, 6.45) is 4.04. The summed E-state index contributed by atoms with van der Waals surface area (Å²) in [5.41, 5.74) is 3.80. The van der Waals surface area contributed by atoms with Crippen molar-refractivity contribution < 1.29 is 4.79 Å². The zero-order valence-electron chi connectivity index (χ0n) is 15.2. The van der Waals surface area contributed by atoms with Crippen LogP contribution in [-0.4, -0.2) is 20.8 Å². The zero-order chi connectivity index (χ0) is 18.9. The molecule has 1 fully saturated rings. The van der Waals surface area contributed by atoms with Gasteiger partial charge in [-0.25, -0.2) is 4.68 Å². The highest BCUT2D eigenvalue weighted by Crippen LogP contribution is 2.56. The first-order valence-electron chi connectivity index (χ1n) is 9.45. The highest BCUT2D eigenvalue weighted by molar-refractivity contribution is 6.01. The van der Waals surface area contributed by atoms with Gasteiger partial charge in [0.25, 0.3) is 0 Å². The van der Waals surface area contributed by atoms with Gasteiger partial charge in [0.05, 0.1) is 5.52 Å². The van der Waals surface area contributed by atoms with Crippen LogP contribution in [0.1, 0.15) is 21.8 Å². The lowest BCUT2D eigenvalue weighted by Crippen LogP contribution is -2.03. The molecule has 1 heterocycles. The van der Waals surface area contributed by atoms with Crippen molar-refractivity contribution in [1.29, 1.82) is 0 Å². The molecule has 1 aromatic heterocycles. The number of para-hydroxylation sites is 1. The number of nitrogens with zero attached hydrogens (tertiary/aromatic N) is 3. The van der Waals surface area contributed by atoms with E-state index >= 15 is 0 Å². The Hall–Kier alpha value is -3.53. The molecule has 5 rings (SSSR count). The van der Waals surface area contributed by atoms with Crippen molar-refractivity contribution in [2.45, 2.75) is 5.92 Å². The summed E-state index contributed by atoms with van der Waals surface area (Å²) < 4.78 is 1.78. The van der Waals surface area contributed by atoms with Crippen LogP contribution in [0.15, 0.2) is 91.0 Å². The Morgan fingerprint density at radius 2 is 1.54 bits per heavy atom. The summed E-state index contributed by atoms with van der Waals surface area (Å²) >= 11 is 0. The Balaban J connectivity index is 1.46. The average Bonchev–Trinajstić information content (AvgIpc) is 3.34. The number of ketones is 1. The Labute approximate surface area is 163 Å². The smallest absolute Gasteiger partial charge is 0.167 e. The van der Waals surface area contributed by atoms with E-state index in [2.05, 4.69) is 28.5 Å². The number of carbonyl (C=O) groups is 1. The first kappa shape index (κ1) is 16.6. The fourth-order valence-electron chi connectivity index (χ4n) is 3.99. The molecule has 4 nitrogen and oxygen atoms in total. The molecule has 1 aliphatic rings. The van der Waals surface area contributed by atoms with Crippen LogP contribution in [0.25, 0.3) is 17.2 Å². The van der Waals surface area contributed by atoms with Gasteiger partial charge >= 0.3 is 0 Å². The molecule has 3 atom stereocenters. The molecule has 136 valence electrons. The van der Waals surface area contributed by atoms with Crippen LogP contribution >= 0.6 is 0 Å². The quantitative estimate of drug-likeness (QED) is 0.477. The number of hydrogen-bond acceptors (Lipinski definition) is 3. The number of benzene rings is 3. The van der Waals surface area contributed by atoms with Crippen molar-refractivity contribution in [2.24, 2.45) is 11.8 Å². The molecule has 3 unspecified atom stereocenters. The molecule has 0 N–H and O–H groups in total. The Kier molecular flexibility index (Phi) is 4.09. The van der Waals surface area contributed by atoms with Gasteiger partial charge in [0.15, 0.2) is 5.78 Å². The van der Waals surface area contributed by atoms with Crippen molar-refractivity contribution in [3.63, 3.8) is 0 Å². The summed E-state index contributed by atoms with van der Waals surface area (Å²) in [7, 11) is 0. The van der Waals surface area contributed by atoms with E-state index in [4.69, 9.17) is 0 Å². The Bertz CT molecular complexity index is 1150. The van der Waals surface area contributed by atoms with Gasteiger partial charge in [0.1, 0.15) is 5.52 Å². The Morgan fingerprint density at radius 1 is 0.857 bits per heavy atom. The minimum absolute atomic E-state index is 0.0455. The second-order valence-electron chi connectivity index (χ2n) is 7.13. The highest BCUT2D eigenvalue weighted by atomic mass is 16.1. The normalized spacial score (nSPS) is 21.2. The average molecular weight is 365 g/mol. The van der Waals surface area contributed by atoms with Crippen LogP contribution in [0.4, 0.5) is 0 Å². The van der Waals surface area contributed by atoms with Gasteiger partial charge in [-0.1, -0.05) is 84.1 Å². The largest absolute Gasteiger partial charge is 0.294 e. The van der Waals surface area contributed by atoms with E-state index in [1.54, 1.807) is 4.68 Å². The molecule has 0 spiro atoms. The molecule has 0 saturated heterocycles. The van der Waals surface area contributed by atoms with Crippen LogP contribution in [0.3, 0.4) is 0 Å². The van der Waals surface area contributed by atoms with Crippen molar-refractivity contribution in [1.82, 2.24) is 15.0 Å². The van der Waals surface area contributed by atoms with E-state index in [-0.39, 0.29) is 23.5 Å². The molecular weight excluding hydrogens is 346 g/mol. The van der Waals surface area contributed by atoms with Crippen molar-refractivity contribution in [2.75, 3.05) is 0 Å². The van der Waals surface area contributed by atoms with Gasteiger partial charge in [-0.05, 0) is 23.6 Å². The molecule has 4 aromatic rings. The first-order valence-corrected chi connectivity index (χ1v) is 9.45. The number of aromatic nitrogens is 3. The maximum atomic E-state index is 13.1. The van der Waals surface area contributed by atoms with Crippen molar-refractivity contribution in [3.8, 4) is 0 Å². The third-order valence-electron chi connectivity index (χ3n) is 5.45. The van der Waals surface area contributed by atoms with Gasteiger partial charge in [0, 0.05) is 23.6 Å². The number of carbonyl (C=O) groups excluding carboxylic acids is 1. The van der Waals surface area contributed by atoms with Crippen molar-refractivity contribution in [3.05, 3.63) is 102 Å². The van der Waals surface area contributed by atoms with Crippen LogP contribution in [0, 0.1) is 11.8 Å². The molecule has 0 radical (unpaired) electrons. The maximum absolute atomic E-state index is 13.1. The number of hydrogen-bond donors (Lipinski definition) is 0. The summed E-state index contributed by atoms with van der Waals surface area (Å²) in [6.45, 7) is 0. The van der Waals surface area contributed by atoms with E-state index in [0.29, 0.717) is 0 Å². The lowest BCUT2D eigenvalue weighted by molar-refractivity contribution is 0.0961. The van der Waals surface area contributed by atoms with Gasteiger partial charge in [0.2, 0.25) is 0 Å². The lowest BCUT2D eigenvalue weighted by Gasteiger charge is -2.00. The van der Waals surface area contributed by atoms with Crippen LogP contribution in [0.5, 0.6) is 0 Å². The monoisotopic (exact) mass is 365 g/mol. The minimum atomic E-state index is -0.0455. The van der Waals surface area contributed by atoms with Gasteiger partial charge < -0.3 is 0 Å². The van der Waals surface area contributed by atoms with Crippen LogP contribution in [0.2, 0.25) is 0 Å². The predicted molar refractivity (Wildman–Crippen MR) is 110 cm³/mol. The second-order valence-corrected chi connectivity index (χ2v) is 7.13. The molecule has 28 heavy (non-hydrogen) atoms. The summed E-state index contributed by atoms with van der Waals surface area (Å²) in [4.78, 5) is 13.1. The van der Waals surface area contributed by atoms with Crippen molar-refractivity contribution >= 4 is 23.0 Å². The summed E-state index contributed by atoms with van der Waals surface area (Å²) in [5.74, 6) is 0.501. The summed E-state index contributed by atoms with van der Waals surface area (Å²) in [5, 5.41) is 8.41.